The van der Waals surface area contributed by atoms with Gasteiger partial charge in [-0.25, -0.2) is 0 Å². The van der Waals surface area contributed by atoms with E-state index >= 15 is 0 Å². The number of hydrogen-bond acceptors (Lipinski definition) is 4. The number of hydrogen-bond donors (Lipinski definition) is 4. The van der Waals surface area contributed by atoms with E-state index in [0.29, 0.717) is 21.9 Å². The number of rotatable bonds is 22. The van der Waals surface area contributed by atoms with Gasteiger partial charge >= 0.3 is 0 Å². The van der Waals surface area contributed by atoms with Gasteiger partial charge in [0.1, 0.15) is 0 Å². The standard InChI is InChI=1S/C39H58Cl2N4/c1-30(2)34-12-9-32(10-13-34)19-21-39(36-16-14-35(15-17-36)31(3)4,22-20-33-11-18-37(40)38(41)29-33)45-28-8-27-44-25-6-5-24-43-26-7-23-42/h9-18,29-31,43-45H,5-8,19-28,42H2,1-4H3. The monoisotopic (exact) mass is 652 g/mol. The first-order chi connectivity index (χ1) is 21.7. The molecule has 4 nitrogen and oxygen atoms in total. The molecule has 3 aromatic rings. The van der Waals surface area contributed by atoms with E-state index in [2.05, 4.69) is 98.2 Å². The van der Waals surface area contributed by atoms with Gasteiger partial charge in [-0.3, -0.25) is 0 Å². The lowest BCUT2D eigenvalue weighted by Gasteiger charge is -2.37. The van der Waals surface area contributed by atoms with Gasteiger partial charge in [0.05, 0.1) is 10.0 Å². The molecule has 45 heavy (non-hydrogen) atoms. The predicted octanol–water partition coefficient (Wildman–Crippen LogP) is 8.99. The SMILES string of the molecule is CC(C)c1ccc(CCC(CCc2ccc(Cl)c(Cl)c2)(NCCCNCCCCNCCCN)c2ccc(C(C)C)cc2)cc1. The summed E-state index contributed by atoms with van der Waals surface area (Å²) in [6.07, 6.45) is 8.42. The van der Waals surface area contributed by atoms with Crippen molar-refractivity contribution in [3.63, 3.8) is 0 Å². The second kappa shape index (κ2) is 20.3. The molecule has 0 aromatic heterocycles. The highest BCUT2D eigenvalue weighted by molar-refractivity contribution is 6.42. The van der Waals surface area contributed by atoms with Crippen molar-refractivity contribution in [1.29, 1.82) is 0 Å². The summed E-state index contributed by atoms with van der Waals surface area (Å²) >= 11 is 12.7. The van der Waals surface area contributed by atoms with Crippen LogP contribution in [-0.4, -0.2) is 39.3 Å². The largest absolute Gasteiger partial charge is 0.330 e. The quantitative estimate of drug-likeness (QED) is 0.0818. The third-order valence-electron chi connectivity index (χ3n) is 8.95. The first-order valence-corrected chi connectivity index (χ1v) is 18.0. The molecule has 6 heteroatoms. The van der Waals surface area contributed by atoms with Crippen molar-refractivity contribution in [3.8, 4) is 0 Å². The number of nitrogens with one attached hydrogen (secondary N) is 3. The fraction of sp³-hybridized carbons (Fsp3) is 0.538. The zero-order valence-corrected chi connectivity index (χ0v) is 29.8. The highest BCUT2D eigenvalue weighted by Gasteiger charge is 2.31. The van der Waals surface area contributed by atoms with Crippen LogP contribution >= 0.6 is 23.2 Å². The molecule has 1 unspecified atom stereocenters. The Morgan fingerprint density at radius 3 is 1.67 bits per heavy atom. The van der Waals surface area contributed by atoms with Crippen molar-refractivity contribution in [2.75, 3.05) is 39.3 Å². The average molecular weight is 654 g/mol. The van der Waals surface area contributed by atoms with Gasteiger partial charge in [-0.2, -0.15) is 0 Å². The van der Waals surface area contributed by atoms with E-state index in [-0.39, 0.29) is 5.54 Å². The summed E-state index contributed by atoms with van der Waals surface area (Å²) in [4.78, 5) is 0. The van der Waals surface area contributed by atoms with Crippen molar-refractivity contribution in [2.24, 2.45) is 5.73 Å². The Balaban J connectivity index is 1.73. The van der Waals surface area contributed by atoms with E-state index in [9.17, 15) is 0 Å². The van der Waals surface area contributed by atoms with E-state index in [4.69, 9.17) is 28.9 Å². The number of unbranched alkanes of at least 4 members (excludes halogenated alkanes) is 1. The number of halogens is 2. The molecule has 0 amide bonds. The summed E-state index contributed by atoms with van der Waals surface area (Å²) in [5, 5.41) is 12.5. The molecule has 3 rings (SSSR count). The molecule has 0 spiro atoms. The van der Waals surface area contributed by atoms with Crippen molar-refractivity contribution in [1.82, 2.24) is 16.0 Å². The van der Waals surface area contributed by atoms with Crippen molar-refractivity contribution >= 4 is 23.2 Å². The molecular formula is C39H58Cl2N4. The minimum atomic E-state index is -0.173. The first-order valence-electron chi connectivity index (χ1n) is 17.2. The van der Waals surface area contributed by atoms with Crippen LogP contribution in [0.3, 0.4) is 0 Å². The van der Waals surface area contributed by atoms with Gasteiger partial charge in [0, 0.05) is 5.54 Å². The van der Waals surface area contributed by atoms with Gasteiger partial charge in [0.25, 0.3) is 0 Å². The second-order valence-electron chi connectivity index (χ2n) is 13.1. The van der Waals surface area contributed by atoms with Crippen molar-refractivity contribution in [2.45, 2.75) is 96.4 Å². The predicted molar refractivity (Wildman–Crippen MR) is 197 cm³/mol. The van der Waals surface area contributed by atoms with Crippen LogP contribution < -0.4 is 21.7 Å². The normalized spacial score (nSPS) is 13.1. The van der Waals surface area contributed by atoms with E-state index in [1.807, 2.05) is 12.1 Å². The Morgan fingerprint density at radius 1 is 0.600 bits per heavy atom. The molecule has 0 bridgehead atoms. The summed E-state index contributed by atoms with van der Waals surface area (Å²) in [7, 11) is 0. The van der Waals surface area contributed by atoms with Crippen LogP contribution in [0.4, 0.5) is 0 Å². The fourth-order valence-corrected chi connectivity index (χ4v) is 6.20. The van der Waals surface area contributed by atoms with Gasteiger partial charge in [-0.15, -0.1) is 0 Å². The molecule has 0 aliphatic rings. The maximum absolute atomic E-state index is 6.43. The Hall–Kier alpha value is -1.92. The maximum Gasteiger partial charge on any atom is 0.0595 e. The van der Waals surface area contributed by atoms with Gasteiger partial charge in [0.15, 0.2) is 0 Å². The molecule has 5 N–H and O–H groups in total. The summed E-state index contributed by atoms with van der Waals surface area (Å²) in [6, 6.07) is 24.6. The molecule has 0 fully saturated rings. The molecule has 3 aromatic carbocycles. The third-order valence-corrected chi connectivity index (χ3v) is 9.69. The lowest BCUT2D eigenvalue weighted by Crippen LogP contribution is -2.44. The molecule has 0 aliphatic carbocycles. The van der Waals surface area contributed by atoms with E-state index in [1.165, 1.54) is 40.7 Å². The summed E-state index contributed by atoms with van der Waals surface area (Å²) in [5.74, 6) is 1.04. The van der Waals surface area contributed by atoms with Crippen LogP contribution in [-0.2, 0) is 18.4 Å². The van der Waals surface area contributed by atoms with Crippen LogP contribution in [0.25, 0.3) is 0 Å². The molecule has 0 saturated heterocycles. The van der Waals surface area contributed by atoms with Crippen molar-refractivity contribution in [3.05, 3.63) is 105 Å². The van der Waals surface area contributed by atoms with Crippen LogP contribution in [0.15, 0.2) is 66.7 Å². The van der Waals surface area contributed by atoms with Gasteiger partial charge in [0.2, 0.25) is 0 Å². The zero-order valence-electron chi connectivity index (χ0n) is 28.2. The van der Waals surface area contributed by atoms with Crippen LogP contribution in [0.5, 0.6) is 0 Å². The fourth-order valence-electron chi connectivity index (χ4n) is 5.88. The third kappa shape index (κ3) is 13.0. The van der Waals surface area contributed by atoms with E-state index < -0.39 is 0 Å². The van der Waals surface area contributed by atoms with Gasteiger partial charge in [-0.05, 0) is 142 Å². The second-order valence-corrected chi connectivity index (χ2v) is 13.9. The van der Waals surface area contributed by atoms with Crippen LogP contribution in [0.2, 0.25) is 10.0 Å². The number of aryl methyl sites for hydroxylation is 2. The molecule has 0 saturated carbocycles. The average Bonchev–Trinajstić information content (AvgIpc) is 3.04. The molecule has 1 atom stereocenters. The molecule has 248 valence electrons. The molecular weight excluding hydrogens is 595 g/mol. The minimum Gasteiger partial charge on any atom is -0.330 e. The molecule has 0 heterocycles. The van der Waals surface area contributed by atoms with Gasteiger partial charge < -0.3 is 21.7 Å². The van der Waals surface area contributed by atoms with Crippen LogP contribution in [0.1, 0.15) is 106 Å². The van der Waals surface area contributed by atoms with Crippen molar-refractivity contribution < 1.29 is 0 Å². The van der Waals surface area contributed by atoms with E-state index in [1.54, 1.807) is 0 Å². The Kier molecular flexibility index (Phi) is 17.0. The smallest absolute Gasteiger partial charge is 0.0595 e. The summed E-state index contributed by atoms with van der Waals surface area (Å²) < 4.78 is 0. The van der Waals surface area contributed by atoms with E-state index in [0.717, 1.165) is 77.8 Å². The topological polar surface area (TPSA) is 62.1 Å². The molecule has 0 aliphatic heterocycles. The zero-order chi connectivity index (χ0) is 32.5. The lowest BCUT2D eigenvalue weighted by atomic mass is 9.78. The molecule has 0 radical (unpaired) electrons. The maximum atomic E-state index is 6.43. The first kappa shape index (κ1) is 37.5. The highest BCUT2D eigenvalue weighted by Crippen LogP contribution is 2.34. The number of benzene rings is 3. The summed E-state index contributed by atoms with van der Waals surface area (Å²) in [5.41, 5.74) is 12.1. The number of nitrogens with two attached hydrogens (primary N) is 1. The Labute approximate surface area is 284 Å². The summed E-state index contributed by atoms with van der Waals surface area (Å²) in [6.45, 7) is 14.9. The van der Waals surface area contributed by atoms with Crippen LogP contribution in [0, 0.1) is 0 Å². The lowest BCUT2D eigenvalue weighted by molar-refractivity contribution is 0.283. The Morgan fingerprint density at radius 2 is 1.11 bits per heavy atom. The minimum absolute atomic E-state index is 0.173. The highest BCUT2D eigenvalue weighted by atomic mass is 35.5. The Bertz CT molecular complexity index is 1230. The van der Waals surface area contributed by atoms with Gasteiger partial charge in [-0.1, -0.05) is 105 Å².